The molecule has 3 aromatic carbocycles. The summed E-state index contributed by atoms with van der Waals surface area (Å²) in [4.78, 5) is 26.5. The molecule has 0 saturated carbocycles. The number of Topliss-reactive ketones (excluding diaryl/α,β-unsaturated/α-hetero) is 2. The molecular formula is C20H13NO2S. The largest absolute Gasteiger partial charge is 0.395 e. The van der Waals surface area contributed by atoms with Crippen LogP contribution in [0, 0.1) is 0 Å². The minimum absolute atomic E-state index is 0.0247. The number of allylic oxidation sites excluding steroid dienone is 2. The zero-order valence-corrected chi connectivity index (χ0v) is 13.5. The summed E-state index contributed by atoms with van der Waals surface area (Å²) in [5.74, 6) is -0.478. The van der Waals surface area contributed by atoms with Gasteiger partial charge in [0.25, 0.3) is 0 Å². The van der Waals surface area contributed by atoms with Crippen molar-refractivity contribution in [3.63, 3.8) is 0 Å². The second-order valence-electron chi connectivity index (χ2n) is 5.53. The standard InChI is InChI=1S/C20H13NO2S/c21-17-18(22)14-9-3-4-10-15(14)19(23)20(17)24-16-11-5-7-12-6-1-2-8-13(12)16/h1-11H,21H2. The Balaban J connectivity index is 1.83. The first-order valence-corrected chi connectivity index (χ1v) is 8.32. The predicted octanol–water partition coefficient (Wildman–Crippen LogP) is 4.18. The summed E-state index contributed by atoms with van der Waals surface area (Å²) < 4.78 is 0. The van der Waals surface area contributed by atoms with Crippen LogP contribution in [0.15, 0.2) is 82.2 Å². The third kappa shape index (κ3) is 2.23. The van der Waals surface area contributed by atoms with Crippen LogP contribution in [-0.4, -0.2) is 11.6 Å². The van der Waals surface area contributed by atoms with Crippen molar-refractivity contribution in [2.45, 2.75) is 4.90 Å². The lowest BCUT2D eigenvalue weighted by Crippen LogP contribution is -2.25. The van der Waals surface area contributed by atoms with Gasteiger partial charge in [0.1, 0.15) is 0 Å². The van der Waals surface area contributed by atoms with Crippen LogP contribution in [0.3, 0.4) is 0 Å². The molecule has 3 aromatic rings. The molecule has 1 aliphatic rings. The van der Waals surface area contributed by atoms with Crippen molar-refractivity contribution < 1.29 is 9.59 Å². The van der Waals surface area contributed by atoms with Crippen molar-refractivity contribution in [3.8, 4) is 0 Å². The van der Waals surface area contributed by atoms with Crippen LogP contribution in [0.2, 0.25) is 0 Å². The molecule has 0 amide bonds. The first kappa shape index (κ1) is 14.7. The summed E-state index contributed by atoms with van der Waals surface area (Å²) in [7, 11) is 0. The van der Waals surface area contributed by atoms with E-state index < -0.39 is 0 Å². The van der Waals surface area contributed by atoms with Gasteiger partial charge in [0.15, 0.2) is 0 Å². The lowest BCUT2D eigenvalue weighted by Gasteiger charge is -2.18. The molecule has 0 unspecified atom stereocenters. The molecule has 0 atom stereocenters. The lowest BCUT2D eigenvalue weighted by molar-refractivity contribution is 0.0980. The number of carbonyl (C=O) groups excluding carboxylic acids is 2. The highest BCUT2D eigenvalue weighted by Gasteiger charge is 2.31. The predicted molar refractivity (Wildman–Crippen MR) is 96.1 cm³/mol. The van der Waals surface area contributed by atoms with E-state index in [0.29, 0.717) is 16.0 Å². The van der Waals surface area contributed by atoms with Crippen molar-refractivity contribution >= 4 is 34.1 Å². The van der Waals surface area contributed by atoms with Gasteiger partial charge in [-0.05, 0) is 16.8 Å². The van der Waals surface area contributed by atoms with E-state index >= 15 is 0 Å². The maximum Gasteiger partial charge on any atom is 0.210 e. The average Bonchev–Trinajstić information content (AvgIpc) is 2.63. The third-order valence-corrected chi connectivity index (χ3v) is 5.26. The number of benzene rings is 3. The van der Waals surface area contributed by atoms with E-state index in [1.807, 2.05) is 42.5 Å². The summed E-state index contributed by atoms with van der Waals surface area (Å²) in [6.45, 7) is 0. The lowest BCUT2D eigenvalue weighted by atomic mass is 9.93. The molecule has 0 spiro atoms. The number of ketones is 2. The van der Waals surface area contributed by atoms with Crippen LogP contribution in [0.25, 0.3) is 10.8 Å². The summed E-state index contributed by atoms with van der Waals surface area (Å²) in [5.41, 5.74) is 6.83. The van der Waals surface area contributed by atoms with Gasteiger partial charge in [0.05, 0.1) is 10.6 Å². The van der Waals surface area contributed by atoms with Gasteiger partial charge in [-0.1, -0.05) is 72.4 Å². The van der Waals surface area contributed by atoms with Gasteiger partial charge in [-0.2, -0.15) is 0 Å². The normalized spacial score (nSPS) is 14.2. The molecule has 2 N–H and O–H groups in total. The minimum Gasteiger partial charge on any atom is -0.395 e. The number of rotatable bonds is 2. The van der Waals surface area contributed by atoms with E-state index in [0.717, 1.165) is 15.7 Å². The Labute approximate surface area is 143 Å². The fourth-order valence-electron chi connectivity index (χ4n) is 2.87. The van der Waals surface area contributed by atoms with Crippen LogP contribution in [0.5, 0.6) is 0 Å². The maximum atomic E-state index is 12.8. The third-order valence-electron chi connectivity index (χ3n) is 4.07. The van der Waals surface area contributed by atoms with Crippen molar-refractivity contribution in [2.24, 2.45) is 5.73 Å². The highest BCUT2D eigenvalue weighted by molar-refractivity contribution is 8.04. The number of nitrogens with two attached hydrogens (primary N) is 1. The topological polar surface area (TPSA) is 60.2 Å². The van der Waals surface area contributed by atoms with Crippen LogP contribution < -0.4 is 5.73 Å². The summed E-state index contributed by atoms with van der Waals surface area (Å²) in [6.07, 6.45) is 0. The Hall–Kier alpha value is -2.85. The van der Waals surface area contributed by atoms with E-state index in [-0.39, 0.29) is 17.3 Å². The fourth-order valence-corrected chi connectivity index (χ4v) is 3.94. The second-order valence-corrected chi connectivity index (χ2v) is 6.58. The van der Waals surface area contributed by atoms with E-state index in [2.05, 4.69) is 0 Å². The Bertz CT molecular complexity index is 1030. The zero-order chi connectivity index (χ0) is 16.7. The average molecular weight is 331 g/mol. The molecule has 24 heavy (non-hydrogen) atoms. The number of hydrogen-bond acceptors (Lipinski definition) is 4. The molecule has 0 saturated heterocycles. The first-order valence-electron chi connectivity index (χ1n) is 7.50. The molecule has 1 aliphatic carbocycles. The molecule has 4 rings (SSSR count). The molecule has 0 aliphatic heterocycles. The molecule has 0 radical (unpaired) electrons. The highest BCUT2D eigenvalue weighted by Crippen LogP contribution is 2.38. The van der Waals surface area contributed by atoms with Crippen molar-refractivity contribution in [1.29, 1.82) is 0 Å². The van der Waals surface area contributed by atoms with Crippen LogP contribution in [0.4, 0.5) is 0 Å². The SMILES string of the molecule is NC1=C(Sc2cccc3ccccc23)C(=O)c2ccccc2C1=O. The molecule has 4 heteroatoms. The van der Waals surface area contributed by atoms with E-state index in [9.17, 15) is 9.59 Å². The summed E-state index contributed by atoms with van der Waals surface area (Å²) in [6, 6.07) is 20.6. The molecule has 0 bridgehead atoms. The second kappa shape index (κ2) is 5.65. The van der Waals surface area contributed by atoms with Gasteiger partial charge in [-0.25, -0.2) is 0 Å². The van der Waals surface area contributed by atoms with E-state index in [1.54, 1.807) is 24.3 Å². The number of hydrogen-bond donors (Lipinski definition) is 1. The maximum absolute atomic E-state index is 12.8. The van der Waals surface area contributed by atoms with Gasteiger partial charge in [-0.15, -0.1) is 0 Å². The highest BCUT2D eigenvalue weighted by atomic mass is 32.2. The Morgan fingerprint density at radius 2 is 1.33 bits per heavy atom. The summed E-state index contributed by atoms with van der Waals surface area (Å²) in [5, 5.41) is 2.11. The molecule has 116 valence electrons. The Kier molecular flexibility index (Phi) is 3.47. The quantitative estimate of drug-likeness (QED) is 0.765. The molecule has 3 nitrogen and oxygen atoms in total. The number of fused-ring (bicyclic) bond motifs is 2. The molecule has 0 fully saturated rings. The van der Waals surface area contributed by atoms with E-state index in [1.165, 1.54) is 11.8 Å². The fraction of sp³-hybridized carbons (Fsp3) is 0. The number of carbonyl (C=O) groups is 2. The van der Waals surface area contributed by atoms with E-state index in [4.69, 9.17) is 5.73 Å². The smallest absolute Gasteiger partial charge is 0.210 e. The molecule has 0 aromatic heterocycles. The molecule has 0 heterocycles. The number of thioether (sulfide) groups is 1. The summed E-state index contributed by atoms with van der Waals surface area (Å²) >= 11 is 1.26. The van der Waals surface area contributed by atoms with Gasteiger partial charge >= 0.3 is 0 Å². The Morgan fingerprint density at radius 1 is 0.708 bits per heavy atom. The van der Waals surface area contributed by atoms with Gasteiger partial charge < -0.3 is 5.73 Å². The van der Waals surface area contributed by atoms with Crippen molar-refractivity contribution in [1.82, 2.24) is 0 Å². The molecular weight excluding hydrogens is 318 g/mol. The van der Waals surface area contributed by atoms with Crippen LogP contribution >= 0.6 is 11.8 Å². The van der Waals surface area contributed by atoms with Crippen molar-refractivity contribution in [3.05, 3.63) is 88.5 Å². The monoisotopic (exact) mass is 331 g/mol. The minimum atomic E-state index is -0.284. The van der Waals surface area contributed by atoms with Crippen LogP contribution in [0.1, 0.15) is 20.7 Å². The van der Waals surface area contributed by atoms with Gasteiger partial charge in [0, 0.05) is 16.0 Å². The van der Waals surface area contributed by atoms with Crippen LogP contribution in [-0.2, 0) is 0 Å². The van der Waals surface area contributed by atoms with Crippen molar-refractivity contribution in [2.75, 3.05) is 0 Å². The van der Waals surface area contributed by atoms with Gasteiger partial charge in [0.2, 0.25) is 11.6 Å². The van der Waals surface area contributed by atoms with Gasteiger partial charge in [-0.3, -0.25) is 9.59 Å². The first-order chi connectivity index (χ1) is 11.7. The zero-order valence-electron chi connectivity index (χ0n) is 12.7. The Morgan fingerprint density at radius 3 is 2.12 bits per heavy atom.